The van der Waals surface area contributed by atoms with Gasteiger partial charge in [0.05, 0.1) is 6.61 Å². The first-order chi connectivity index (χ1) is 8.35. The van der Waals surface area contributed by atoms with Gasteiger partial charge in [-0.25, -0.2) is 0 Å². The van der Waals surface area contributed by atoms with Crippen LogP contribution in [0.3, 0.4) is 0 Å². The Morgan fingerprint density at radius 1 is 1.41 bits per heavy atom. The molecule has 0 amide bonds. The Morgan fingerprint density at radius 2 is 2.29 bits per heavy atom. The number of fused-ring (bicyclic) bond motifs is 1. The molecular formula is C14H22N2O. The van der Waals surface area contributed by atoms with E-state index in [9.17, 15) is 0 Å². The van der Waals surface area contributed by atoms with Gasteiger partial charge in [0.15, 0.2) is 0 Å². The molecule has 0 spiro atoms. The number of benzene rings is 1. The minimum atomic E-state index is 0.802. The average Bonchev–Trinajstić information content (AvgIpc) is 2.83. The molecule has 0 aromatic heterocycles. The van der Waals surface area contributed by atoms with Crippen LogP contribution >= 0.6 is 0 Å². The Morgan fingerprint density at radius 3 is 3.06 bits per heavy atom. The van der Waals surface area contributed by atoms with Crippen LogP contribution in [-0.4, -0.2) is 38.3 Å². The fraction of sp³-hybridized carbons (Fsp3) is 0.571. The van der Waals surface area contributed by atoms with Crippen molar-refractivity contribution < 1.29 is 4.74 Å². The minimum absolute atomic E-state index is 0.802. The first-order valence-corrected chi connectivity index (χ1v) is 6.41. The van der Waals surface area contributed by atoms with Crippen molar-refractivity contribution in [3.63, 3.8) is 0 Å². The topological polar surface area (TPSA) is 24.5 Å². The molecule has 3 nitrogen and oxygen atoms in total. The van der Waals surface area contributed by atoms with Crippen LogP contribution in [0.4, 0.5) is 5.69 Å². The predicted octanol–water partition coefficient (Wildman–Crippen LogP) is 2.12. The summed E-state index contributed by atoms with van der Waals surface area (Å²) in [6, 6.07) is 6.63. The summed E-state index contributed by atoms with van der Waals surface area (Å²) >= 11 is 0. The van der Waals surface area contributed by atoms with Crippen molar-refractivity contribution >= 4 is 5.69 Å². The van der Waals surface area contributed by atoms with Gasteiger partial charge < -0.3 is 10.1 Å². The molecule has 0 aliphatic carbocycles. The molecule has 1 aliphatic heterocycles. The zero-order chi connectivity index (χ0) is 12.1. The third-order valence-electron chi connectivity index (χ3n) is 3.39. The zero-order valence-electron chi connectivity index (χ0n) is 10.8. The van der Waals surface area contributed by atoms with Crippen molar-refractivity contribution in [1.82, 2.24) is 4.90 Å². The Balaban J connectivity index is 2.04. The van der Waals surface area contributed by atoms with Crippen LogP contribution in [-0.2, 0) is 17.7 Å². The van der Waals surface area contributed by atoms with Gasteiger partial charge in [0, 0.05) is 32.4 Å². The molecule has 0 saturated heterocycles. The highest BCUT2D eigenvalue weighted by molar-refractivity contribution is 5.61. The van der Waals surface area contributed by atoms with Crippen LogP contribution in [0.5, 0.6) is 0 Å². The number of rotatable bonds is 6. The highest BCUT2D eigenvalue weighted by atomic mass is 16.5. The molecule has 0 radical (unpaired) electrons. The molecule has 94 valence electrons. The first kappa shape index (κ1) is 12.4. The largest absolute Gasteiger partial charge is 0.384 e. The van der Waals surface area contributed by atoms with Gasteiger partial charge in [-0.1, -0.05) is 25.1 Å². The van der Waals surface area contributed by atoms with E-state index in [0.29, 0.717) is 0 Å². The van der Waals surface area contributed by atoms with E-state index in [0.717, 1.165) is 39.2 Å². The monoisotopic (exact) mass is 234 g/mol. The molecule has 3 heteroatoms. The molecule has 0 unspecified atom stereocenters. The van der Waals surface area contributed by atoms with Gasteiger partial charge in [0.1, 0.15) is 0 Å². The van der Waals surface area contributed by atoms with Crippen LogP contribution in [0.25, 0.3) is 0 Å². The number of nitrogens with one attached hydrogen (secondary N) is 1. The van der Waals surface area contributed by atoms with E-state index in [2.05, 4.69) is 35.3 Å². The maximum atomic E-state index is 5.15. The summed E-state index contributed by atoms with van der Waals surface area (Å²) in [6.45, 7) is 7.15. The molecule has 1 N–H and O–H groups in total. The lowest BCUT2D eigenvalue weighted by Gasteiger charge is -2.21. The number of likely N-dealkylation sites (N-methyl/N-ethyl adjacent to an activating group) is 1. The van der Waals surface area contributed by atoms with E-state index in [1.165, 1.54) is 16.8 Å². The fourth-order valence-corrected chi connectivity index (χ4v) is 2.35. The predicted molar refractivity (Wildman–Crippen MR) is 71.5 cm³/mol. The molecule has 0 bridgehead atoms. The van der Waals surface area contributed by atoms with Gasteiger partial charge in [-0.05, 0) is 24.1 Å². The average molecular weight is 234 g/mol. The Hall–Kier alpha value is -1.06. The van der Waals surface area contributed by atoms with E-state index >= 15 is 0 Å². The smallest absolute Gasteiger partial charge is 0.0589 e. The van der Waals surface area contributed by atoms with Crippen molar-refractivity contribution in [1.29, 1.82) is 0 Å². The molecule has 1 aromatic rings. The minimum Gasteiger partial charge on any atom is -0.384 e. The molecular weight excluding hydrogens is 212 g/mol. The molecule has 0 saturated carbocycles. The molecule has 1 heterocycles. The quantitative estimate of drug-likeness (QED) is 0.816. The number of anilines is 1. The maximum absolute atomic E-state index is 5.15. The lowest BCUT2D eigenvalue weighted by Crippen LogP contribution is -2.27. The van der Waals surface area contributed by atoms with Gasteiger partial charge in [0.2, 0.25) is 0 Å². The second kappa shape index (κ2) is 6.03. The van der Waals surface area contributed by atoms with Crippen LogP contribution in [0.1, 0.15) is 18.1 Å². The van der Waals surface area contributed by atoms with Gasteiger partial charge in [0.25, 0.3) is 0 Å². The molecule has 17 heavy (non-hydrogen) atoms. The Bertz CT molecular complexity index is 365. The number of nitrogens with zero attached hydrogens (tertiary/aromatic N) is 1. The molecule has 1 aromatic carbocycles. The van der Waals surface area contributed by atoms with Crippen molar-refractivity contribution in [3.8, 4) is 0 Å². The second-order valence-electron chi connectivity index (χ2n) is 4.49. The van der Waals surface area contributed by atoms with Crippen molar-refractivity contribution in [2.24, 2.45) is 0 Å². The van der Waals surface area contributed by atoms with Crippen LogP contribution < -0.4 is 5.32 Å². The second-order valence-corrected chi connectivity index (χ2v) is 4.49. The maximum Gasteiger partial charge on any atom is 0.0589 e. The summed E-state index contributed by atoms with van der Waals surface area (Å²) in [7, 11) is 1.76. The summed E-state index contributed by atoms with van der Waals surface area (Å²) in [5.74, 6) is 0. The van der Waals surface area contributed by atoms with Crippen molar-refractivity contribution in [3.05, 3.63) is 29.3 Å². The van der Waals surface area contributed by atoms with Crippen molar-refractivity contribution in [2.45, 2.75) is 19.9 Å². The summed E-state index contributed by atoms with van der Waals surface area (Å²) in [4.78, 5) is 2.42. The lowest BCUT2D eigenvalue weighted by atomic mass is 10.1. The Kier molecular flexibility index (Phi) is 4.40. The molecule has 0 fully saturated rings. The summed E-state index contributed by atoms with van der Waals surface area (Å²) in [5, 5.41) is 3.50. The summed E-state index contributed by atoms with van der Waals surface area (Å²) in [6.07, 6.45) is 1.16. The van der Waals surface area contributed by atoms with E-state index in [4.69, 9.17) is 4.74 Å². The molecule has 1 aliphatic rings. The summed E-state index contributed by atoms with van der Waals surface area (Å²) in [5.41, 5.74) is 4.24. The number of methoxy groups -OCH3 is 1. The first-order valence-electron chi connectivity index (χ1n) is 6.41. The number of hydrogen-bond acceptors (Lipinski definition) is 3. The van der Waals surface area contributed by atoms with Gasteiger partial charge in [-0.3, -0.25) is 4.90 Å². The highest BCUT2D eigenvalue weighted by Crippen LogP contribution is 2.27. The highest BCUT2D eigenvalue weighted by Gasteiger charge is 2.14. The summed E-state index contributed by atoms with van der Waals surface area (Å²) < 4.78 is 5.15. The number of ether oxygens (including phenoxy) is 1. The van der Waals surface area contributed by atoms with Gasteiger partial charge >= 0.3 is 0 Å². The van der Waals surface area contributed by atoms with E-state index in [1.54, 1.807) is 7.11 Å². The van der Waals surface area contributed by atoms with E-state index in [1.807, 2.05) is 0 Å². The fourth-order valence-electron chi connectivity index (χ4n) is 2.35. The zero-order valence-corrected chi connectivity index (χ0v) is 10.8. The molecule has 0 atom stereocenters. The van der Waals surface area contributed by atoms with Crippen LogP contribution in [0.2, 0.25) is 0 Å². The van der Waals surface area contributed by atoms with Crippen LogP contribution in [0.15, 0.2) is 18.2 Å². The SMILES string of the molecule is CCN(CCOC)Cc1cccc2c1NCC2. The van der Waals surface area contributed by atoms with Crippen LogP contribution in [0, 0.1) is 0 Å². The lowest BCUT2D eigenvalue weighted by molar-refractivity contribution is 0.147. The normalized spacial score (nSPS) is 13.8. The Labute approximate surface area is 104 Å². The van der Waals surface area contributed by atoms with Crippen molar-refractivity contribution in [2.75, 3.05) is 38.7 Å². The van der Waals surface area contributed by atoms with E-state index < -0.39 is 0 Å². The van der Waals surface area contributed by atoms with Gasteiger partial charge in [-0.15, -0.1) is 0 Å². The van der Waals surface area contributed by atoms with Gasteiger partial charge in [-0.2, -0.15) is 0 Å². The third kappa shape index (κ3) is 2.99. The number of para-hydroxylation sites is 1. The standard InChI is InChI=1S/C14H22N2O/c1-3-16(9-10-17-2)11-13-6-4-5-12-7-8-15-14(12)13/h4-6,15H,3,7-11H2,1-2H3. The van der Waals surface area contributed by atoms with E-state index in [-0.39, 0.29) is 0 Å². The molecule has 2 rings (SSSR count). The third-order valence-corrected chi connectivity index (χ3v) is 3.39. The number of hydrogen-bond donors (Lipinski definition) is 1.